The van der Waals surface area contributed by atoms with Crippen molar-refractivity contribution in [3.63, 3.8) is 0 Å². The zero-order chi connectivity index (χ0) is 17.8. The van der Waals surface area contributed by atoms with Crippen molar-refractivity contribution in [2.24, 2.45) is 0 Å². The van der Waals surface area contributed by atoms with E-state index in [-0.39, 0.29) is 5.91 Å². The largest absolute Gasteiger partial charge is 0.312 e. The van der Waals surface area contributed by atoms with Crippen LogP contribution >= 0.6 is 0 Å². The first kappa shape index (κ1) is 17.7. The highest BCUT2D eigenvalue weighted by Gasteiger charge is 2.21. The van der Waals surface area contributed by atoms with Crippen LogP contribution in [0.3, 0.4) is 0 Å². The van der Waals surface area contributed by atoms with E-state index in [0.29, 0.717) is 6.42 Å². The van der Waals surface area contributed by atoms with Crippen LogP contribution in [-0.2, 0) is 17.9 Å². The van der Waals surface area contributed by atoms with E-state index in [1.807, 2.05) is 11.8 Å². The summed E-state index contributed by atoms with van der Waals surface area (Å²) >= 11 is 0. The Morgan fingerprint density at radius 1 is 1.20 bits per heavy atom. The van der Waals surface area contributed by atoms with Crippen LogP contribution in [0.15, 0.2) is 30.3 Å². The number of nitrogens with zero attached hydrogens (tertiary/aromatic N) is 4. The monoisotopic (exact) mass is 340 g/mol. The van der Waals surface area contributed by atoms with Crippen LogP contribution in [0.2, 0.25) is 0 Å². The number of hydrogen-bond donors (Lipinski definition) is 0. The van der Waals surface area contributed by atoms with E-state index in [9.17, 15) is 4.79 Å². The van der Waals surface area contributed by atoms with E-state index in [2.05, 4.69) is 59.0 Å². The van der Waals surface area contributed by atoms with Crippen molar-refractivity contribution < 1.29 is 4.79 Å². The molecule has 2 heterocycles. The molecule has 0 saturated carbocycles. The second kappa shape index (κ2) is 7.83. The summed E-state index contributed by atoms with van der Waals surface area (Å²) in [5.74, 6) is 0.244. The number of benzene rings is 1. The van der Waals surface area contributed by atoms with Crippen molar-refractivity contribution in [2.75, 3.05) is 25.0 Å². The zero-order valence-electron chi connectivity index (χ0n) is 15.5. The number of amides is 1. The van der Waals surface area contributed by atoms with Crippen LogP contribution in [0.5, 0.6) is 0 Å². The third-order valence-corrected chi connectivity index (χ3v) is 4.79. The Labute approximate surface area is 150 Å². The molecular formula is C20H28N4O. The second-order valence-electron chi connectivity index (χ2n) is 7.06. The first-order valence-electron chi connectivity index (χ1n) is 9.12. The second-order valence-corrected chi connectivity index (χ2v) is 7.06. The van der Waals surface area contributed by atoms with Gasteiger partial charge in [-0.05, 0) is 64.0 Å². The summed E-state index contributed by atoms with van der Waals surface area (Å²) in [5, 5.41) is 4.51. The summed E-state index contributed by atoms with van der Waals surface area (Å²) in [4.78, 5) is 16.0. The van der Waals surface area contributed by atoms with Gasteiger partial charge in [-0.25, -0.2) is 0 Å². The van der Waals surface area contributed by atoms with E-state index in [4.69, 9.17) is 0 Å². The van der Waals surface area contributed by atoms with Crippen LogP contribution in [0.25, 0.3) is 0 Å². The molecule has 0 bridgehead atoms. The van der Waals surface area contributed by atoms with Gasteiger partial charge < -0.3 is 9.80 Å². The van der Waals surface area contributed by atoms with E-state index in [0.717, 1.165) is 50.4 Å². The molecule has 1 aliphatic rings. The minimum Gasteiger partial charge on any atom is -0.312 e. The maximum Gasteiger partial charge on any atom is 0.227 e. The number of anilines is 1. The molecule has 0 atom stereocenters. The van der Waals surface area contributed by atoms with Gasteiger partial charge in [0.25, 0.3) is 0 Å². The Morgan fingerprint density at radius 2 is 1.96 bits per heavy atom. The number of carbonyl (C=O) groups excluding carboxylic acids is 1. The summed E-state index contributed by atoms with van der Waals surface area (Å²) in [6.07, 6.45) is 2.73. The lowest BCUT2D eigenvalue weighted by Crippen LogP contribution is -2.24. The lowest BCUT2D eigenvalue weighted by molar-refractivity contribution is -0.117. The van der Waals surface area contributed by atoms with Crippen molar-refractivity contribution in [1.82, 2.24) is 14.7 Å². The fourth-order valence-corrected chi connectivity index (χ4v) is 3.48. The van der Waals surface area contributed by atoms with Crippen LogP contribution in [0.1, 0.15) is 36.2 Å². The fraction of sp³-hybridized carbons (Fsp3) is 0.500. The van der Waals surface area contributed by atoms with Gasteiger partial charge in [-0.1, -0.05) is 12.1 Å². The van der Waals surface area contributed by atoms with Gasteiger partial charge in [-0.2, -0.15) is 5.10 Å². The van der Waals surface area contributed by atoms with Gasteiger partial charge in [-0.3, -0.25) is 9.48 Å². The molecule has 1 aromatic heterocycles. The predicted octanol–water partition coefficient (Wildman–Crippen LogP) is 3.15. The van der Waals surface area contributed by atoms with Gasteiger partial charge in [0, 0.05) is 37.4 Å². The maximum absolute atomic E-state index is 11.8. The summed E-state index contributed by atoms with van der Waals surface area (Å²) in [7, 11) is 2.15. The molecule has 5 nitrogen and oxygen atoms in total. The quantitative estimate of drug-likeness (QED) is 0.777. The molecule has 1 fully saturated rings. The SMILES string of the molecule is Cc1cc(C)n(CCCN(C)Cc2ccc(N3CCCC3=O)cc2)n1. The number of rotatable bonds is 7. The molecule has 2 aromatic rings. The molecule has 0 radical (unpaired) electrons. The van der Waals surface area contributed by atoms with E-state index in [1.54, 1.807) is 0 Å². The number of hydrogen-bond acceptors (Lipinski definition) is 3. The molecule has 0 unspecified atom stereocenters. The number of carbonyl (C=O) groups is 1. The Morgan fingerprint density at radius 3 is 2.56 bits per heavy atom. The fourth-order valence-electron chi connectivity index (χ4n) is 3.48. The minimum absolute atomic E-state index is 0.244. The summed E-state index contributed by atoms with van der Waals surface area (Å²) in [5.41, 5.74) is 4.62. The molecule has 3 rings (SSSR count). The molecular weight excluding hydrogens is 312 g/mol. The molecule has 0 spiro atoms. The van der Waals surface area contributed by atoms with Crippen LogP contribution < -0.4 is 4.90 Å². The van der Waals surface area contributed by atoms with Gasteiger partial charge in [0.15, 0.2) is 0 Å². The average molecular weight is 340 g/mol. The lowest BCUT2D eigenvalue weighted by atomic mass is 10.2. The van der Waals surface area contributed by atoms with Crippen molar-refractivity contribution in [2.45, 2.75) is 46.2 Å². The third-order valence-electron chi connectivity index (χ3n) is 4.79. The predicted molar refractivity (Wildman–Crippen MR) is 101 cm³/mol. The van der Waals surface area contributed by atoms with Gasteiger partial charge in [0.2, 0.25) is 5.91 Å². The molecule has 134 valence electrons. The standard InChI is InChI=1S/C20H28N4O/c1-16-14-17(2)24(21-16)13-5-11-22(3)15-18-7-9-19(10-8-18)23-12-4-6-20(23)25/h7-10,14H,4-6,11-13,15H2,1-3H3. The van der Waals surface area contributed by atoms with E-state index >= 15 is 0 Å². The van der Waals surface area contributed by atoms with E-state index < -0.39 is 0 Å². The first-order chi connectivity index (χ1) is 12.0. The average Bonchev–Trinajstić information content (AvgIpc) is 3.13. The minimum atomic E-state index is 0.244. The van der Waals surface area contributed by atoms with Crippen molar-refractivity contribution >= 4 is 11.6 Å². The normalized spacial score (nSPS) is 14.7. The highest BCUT2D eigenvalue weighted by atomic mass is 16.2. The molecule has 1 saturated heterocycles. The first-order valence-corrected chi connectivity index (χ1v) is 9.12. The van der Waals surface area contributed by atoms with Crippen LogP contribution in [0.4, 0.5) is 5.69 Å². The van der Waals surface area contributed by atoms with Gasteiger partial charge in [0.1, 0.15) is 0 Å². The summed E-state index contributed by atoms with van der Waals surface area (Å²) in [6, 6.07) is 10.5. The number of aryl methyl sites for hydroxylation is 3. The smallest absolute Gasteiger partial charge is 0.227 e. The molecule has 1 amide bonds. The molecule has 5 heteroatoms. The van der Waals surface area contributed by atoms with Crippen molar-refractivity contribution in [3.8, 4) is 0 Å². The molecule has 25 heavy (non-hydrogen) atoms. The lowest BCUT2D eigenvalue weighted by Gasteiger charge is -2.19. The Kier molecular flexibility index (Phi) is 5.53. The van der Waals surface area contributed by atoms with Gasteiger partial charge in [0.05, 0.1) is 5.69 Å². The highest BCUT2D eigenvalue weighted by Crippen LogP contribution is 2.21. The summed E-state index contributed by atoms with van der Waals surface area (Å²) in [6.45, 7) is 7.91. The van der Waals surface area contributed by atoms with Gasteiger partial charge in [-0.15, -0.1) is 0 Å². The topological polar surface area (TPSA) is 41.4 Å². The Balaban J connectivity index is 1.46. The zero-order valence-corrected chi connectivity index (χ0v) is 15.5. The van der Waals surface area contributed by atoms with Gasteiger partial charge >= 0.3 is 0 Å². The van der Waals surface area contributed by atoms with Crippen LogP contribution in [0, 0.1) is 13.8 Å². The molecule has 0 aliphatic carbocycles. The Hall–Kier alpha value is -2.14. The van der Waals surface area contributed by atoms with Crippen molar-refractivity contribution in [1.29, 1.82) is 0 Å². The van der Waals surface area contributed by atoms with Crippen LogP contribution in [-0.4, -0.2) is 40.7 Å². The molecule has 0 N–H and O–H groups in total. The molecule has 1 aliphatic heterocycles. The molecule has 1 aromatic carbocycles. The summed E-state index contributed by atoms with van der Waals surface area (Å²) < 4.78 is 2.09. The highest BCUT2D eigenvalue weighted by molar-refractivity contribution is 5.95. The Bertz CT molecular complexity index is 720. The third kappa shape index (κ3) is 4.48. The number of aromatic nitrogens is 2. The van der Waals surface area contributed by atoms with E-state index in [1.165, 1.54) is 11.3 Å². The maximum atomic E-state index is 11.8. The van der Waals surface area contributed by atoms with Crippen molar-refractivity contribution in [3.05, 3.63) is 47.3 Å².